The Labute approximate surface area is 128 Å². The molecule has 0 unspecified atom stereocenters. The average molecular weight is 285 g/mol. The van der Waals surface area contributed by atoms with Gasteiger partial charge in [0.15, 0.2) is 0 Å². The molecule has 2 N–H and O–H groups in total. The number of benzene rings is 2. The molecule has 0 amide bonds. The summed E-state index contributed by atoms with van der Waals surface area (Å²) in [4.78, 5) is 9.32. The molecule has 4 aromatic rings. The second-order valence-electron chi connectivity index (χ2n) is 5.43. The van der Waals surface area contributed by atoms with Crippen LogP contribution in [0.4, 0.5) is 5.69 Å². The topological polar surface area (TPSA) is 51.8 Å². The SMILES string of the molecule is Nc1ccc(Cc2ccc3ccc4cccnc4c3n2)cc1. The Balaban J connectivity index is 1.82. The maximum Gasteiger partial charge on any atom is 0.0967 e. The van der Waals surface area contributed by atoms with Gasteiger partial charge in [0.2, 0.25) is 0 Å². The summed E-state index contributed by atoms with van der Waals surface area (Å²) in [5.41, 5.74) is 10.7. The van der Waals surface area contributed by atoms with E-state index in [1.165, 1.54) is 5.56 Å². The Morgan fingerprint density at radius 3 is 2.32 bits per heavy atom. The second-order valence-corrected chi connectivity index (χ2v) is 5.43. The van der Waals surface area contributed by atoms with Crippen LogP contribution in [0, 0.1) is 0 Å². The molecule has 0 aliphatic carbocycles. The van der Waals surface area contributed by atoms with Crippen LogP contribution in [0.5, 0.6) is 0 Å². The van der Waals surface area contributed by atoms with Crippen LogP contribution in [-0.2, 0) is 6.42 Å². The predicted molar refractivity (Wildman–Crippen MR) is 90.7 cm³/mol. The molecule has 2 aromatic heterocycles. The summed E-state index contributed by atoms with van der Waals surface area (Å²) >= 11 is 0. The lowest BCUT2D eigenvalue weighted by atomic mass is 10.1. The summed E-state index contributed by atoms with van der Waals surface area (Å²) in [6, 6.07) is 20.3. The van der Waals surface area contributed by atoms with Gasteiger partial charge in [-0.1, -0.05) is 36.4 Å². The first kappa shape index (κ1) is 12.8. The normalized spacial score (nSPS) is 11.1. The number of fused-ring (bicyclic) bond motifs is 3. The van der Waals surface area contributed by atoms with Gasteiger partial charge in [-0.15, -0.1) is 0 Å². The summed E-state index contributed by atoms with van der Waals surface area (Å²) in [6.45, 7) is 0. The molecule has 106 valence electrons. The predicted octanol–water partition coefficient (Wildman–Crippen LogP) is 3.96. The van der Waals surface area contributed by atoms with E-state index in [0.717, 1.165) is 39.6 Å². The van der Waals surface area contributed by atoms with Gasteiger partial charge in [-0.3, -0.25) is 9.97 Å². The van der Waals surface area contributed by atoms with Crippen molar-refractivity contribution >= 4 is 27.5 Å². The maximum absolute atomic E-state index is 5.73. The number of hydrogen-bond acceptors (Lipinski definition) is 3. The minimum Gasteiger partial charge on any atom is -0.399 e. The van der Waals surface area contributed by atoms with Gasteiger partial charge in [0.25, 0.3) is 0 Å². The van der Waals surface area contributed by atoms with Crippen molar-refractivity contribution in [1.82, 2.24) is 9.97 Å². The summed E-state index contributed by atoms with van der Waals surface area (Å²) in [7, 11) is 0. The fraction of sp³-hybridized carbons (Fsp3) is 0.0526. The first-order chi connectivity index (χ1) is 10.8. The standard InChI is InChI=1S/C19H15N3/c20-16-8-3-13(4-9-16)12-17-10-7-15-6-5-14-2-1-11-21-18(14)19(15)22-17/h1-11H,12,20H2. The minimum absolute atomic E-state index is 0.783. The second kappa shape index (κ2) is 5.11. The zero-order valence-corrected chi connectivity index (χ0v) is 12.0. The van der Waals surface area contributed by atoms with Gasteiger partial charge < -0.3 is 5.73 Å². The van der Waals surface area contributed by atoms with Crippen LogP contribution in [0.1, 0.15) is 11.3 Å². The van der Waals surface area contributed by atoms with E-state index in [1.54, 1.807) is 0 Å². The lowest BCUT2D eigenvalue weighted by Crippen LogP contribution is -1.94. The molecule has 0 aliphatic rings. The molecule has 22 heavy (non-hydrogen) atoms. The van der Waals surface area contributed by atoms with Crippen molar-refractivity contribution in [3.05, 3.63) is 78.1 Å². The van der Waals surface area contributed by atoms with Crippen LogP contribution >= 0.6 is 0 Å². The van der Waals surface area contributed by atoms with Crippen molar-refractivity contribution in [3.8, 4) is 0 Å². The monoisotopic (exact) mass is 285 g/mol. The highest BCUT2D eigenvalue weighted by Gasteiger charge is 2.05. The van der Waals surface area contributed by atoms with E-state index in [-0.39, 0.29) is 0 Å². The van der Waals surface area contributed by atoms with Gasteiger partial charge in [-0.25, -0.2) is 0 Å². The third-order valence-electron chi connectivity index (χ3n) is 3.85. The van der Waals surface area contributed by atoms with Gasteiger partial charge >= 0.3 is 0 Å². The maximum atomic E-state index is 5.73. The molecule has 3 nitrogen and oxygen atoms in total. The van der Waals surface area contributed by atoms with Gasteiger partial charge in [0.05, 0.1) is 11.0 Å². The Morgan fingerprint density at radius 2 is 1.50 bits per heavy atom. The quantitative estimate of drug-likeness (QED) is 0.448. The average Bonchev–Trinajstić information content (AvgIpc) is 2.57. The molecule has 2 heterocycles. The molecule has 0 radical (unpaired) electrons. The Morgan fingerprint density at radius 1 is 0.773 bits per heavy atom. The largest absolute Gasteiger partial charge is 0.399 e. The lowest BCUT2D eigenvalue weighted by Gasteiger charge is -2.06. The number of rotatable bonds is 2. The fourth-order valence-electron chi connectivity index (χ4n) is 2.71. The molecule has 0 atom stereocenters. The van der Waals surface area contributed by atoms with Crippen molar-refractivity contribution in [3.63, 3.8) is 0 Å². The number of nitrogens with zero attached hydrogens (tertiary/aromatic N) is 2. The lowest BCUT2D eigenvalue weighted by molar-refractivity contribution is 1.10. The number of nitrogen functional groups attached to an aromatic ring is 1. The third kappa shape index (κ3) is 2.27. The Hall–Kier alpha value is -2.94. The minimum atomic E-state index is 0.783. The molecule has 0 fully saturated rings. The van der Waals surface area contributed by atoms with Gasteiger partial charge in [-0.05, 0) is 29.8 Å². The fourth-order valence-corrected chi connectivity index (χ4v) is 2.71. The molecule has 0 saturated carbocycles. The van der Waals surface area contributed by atoms with E-state index in [9.17, 15) is 0 Å². The smallest absolute Gasteiger partial charge is 0.0967 e. The van der Waals surface area contributed by atoms with Crippen molar-refractivity contribution in [2.45, 2.75) is 6.42 Å². The molecular weight excluding hydrogens is 270 g/mol. The van der Waals surface area contributed by atoms with Crippen molar-refractivity contribution < 1.29 is 0 Å². The van der Waals surface area contributed by atoms with Crippen molar-refractivity contribution in [2.75, 3.05) is 5.73 Å². The van der Waals surface area contributed by atoms with Gasteiger partial charge in [-0.2, -0.15) is 0 Å². The molecule has 4 rings (SSSR count). The highest BCUT2D eigenvalue weighted by atomic mass is 14.7. The highest BCUT2D eigenvalue weighted by molar-refractivity contribution is 6.02. The van der Waals surface area contributed by atoms with Crippen molar-refractivity contribution in [1.29, 1.82) is 0 Å². The van der Waals surface area contributed by atoms with Crippen LogP contribution in [0.25, 0.3) is 21.8 Å². The zero-order chi connectivity index (χ0) is 14.9. The van der Waals surface area contributed by atoms with E-state index in [1.807, 2.05) is 36.5 Å². The van der Waals surface area contributed by atoms with E-state index in [0.29, 0.717) is 0 Å². The molecule has 0 aliphatic heterocycles. The molecule has 0 spiro atoms. The molecule has 3 heteroatoms. The molecule has 0 saturated heterocycles. The molecule has 2 aromatic carbocycles. The van der Waals surface area contributed by atoms with Gasteiger partial charge in [0.1, 0.15) is 0 Å². The van der Waals surface area contributed by atoms with Gasteiger partial charge in [0, 0.05) is 34.8 Å². The zero-order valence-electron chi connectivity index (χ0n) is 12.0. The number of hydrogen-bond donors (Lipinski definition) is 1. The molecule has 0 bridgehead atoms. The van der Waals surface area contributed by atoms with Crippen LogP contribution in [0.2, 0.25) is 0 Å². The van der Waals surface area contributed by atoms with Crippen LogP contribution in [0.15, 0.2) is 66.9 Å². The number of nitrogens with two attached hydrogens (primary N) is 1. The number of pyridine rings is 2. The number of anilines is 1. The first-order valence-corrected chi connectivity index (χ1v) is 7.27. The third-order valence-corrected chi connectivity index (χ3v) is 3.85. The van der Waals surface area contributed by atoms with E-state index >= 15 is 0 Å². The van der Waals surface area contributed by atoms with E-state index < -0.39 is 0 Å². The summed E-state index contributed by atoms with van der Waals surface area (Å²) in [6.07, 6.45) is 2.61. The van der Waals surface area contributed by atoms with Crippen LogP contribution in [0.3, 0.4) is 0 Å². The summed E-state index contributed by atoms with van der Waals surface area (Å²) in [5, 5.41) is 2.24. The first-order valence-electron chi connectivity index (χ1n) is 7.27. The Kier molecular flexibility index (Phi) is 2.97. The van der Waals surface area contributed by atoms with E-state index in [2.05, 4.69) is 35.3 Å². The van der Waals surface area contributed by atoms with Crippen LogP contribution in [-0.4, -0.2) is 9.97 Å². The molecular formula is C19H15N3. The highest BCUT2D eigenvalue weighted by Crippen LogP contribution is 2.23. The van der Waals surface area contributed by atoms with Crippen LogP contribution < -0.4 is 5.73 Å². The Bertz CT molecular complexity index is 959. The van der Waals surface area contributed by atoms with E-state index in [4.69, 9.17) is 10.7 Å². The van der Waals surface area contributed by atoms with Crippen molar-refractivity contribution in [2.24, 2.45) is 0 Å². The summed E-state index contributed by atoms with van der Waals surface area (Å²) < 4.78 is 0. The summed E-state index contributed by atoms with van der Waals surface area (Å²) in [5.74, 6) is 0. The number of aromatic nitrogens is 2.